The Bertz CT molecular complexity index is 586. The molecule has 0 fully saturated rings. The van der Waals surface area contributed by atoms with Gasteiger partial charge in [-0.3, -0.25) is 4.79 Å². The summed E-state index contributed by atoms with van der Waals surface area (Å²) in [5.41, 5.74) is -0.372. The van der Waals surface area contributed by atoms with Crippen LogP contribution in [0.15, 0.2) is 23.1 Å². The Morgan fingerprint density at radius 2 is 1.83 bits per heavy atom. The maximum Gasteiger partial charge on any atom is 0.471 e. The first-order chi connectivity index (χ1) is 8.01. The molecule has 0 aliphatic rings. The fourth-order valence-corrected chi connectivity index (χ4v) is 2.01. The highest BCUT2D eigenvalue weighted by molar-refractivity contribution is 8.13. The fourth-order valence-electron chi connectivity index (χ4n) is 0.942. The van der Waals surface area contributed by atoms with Gasteiger partial charge in [0, 0.05) is 10.7 Å². The Morgan fingerprint density at radius 1 is 1.28 bits per heavy atom. The Kier molecular flexibility index (Phi) is 4.14. The van der Waals surface area contributed by atoms with Crippen LogP contribution in [0.2, 0.25) is 5.02 Å². The van der Waals surface area contributed by atoms with Crippen LogP contribution in [0.3, 0.4) is 0 Å². The second-order valence-electron chi connectivity index (χ2n) is 3.03. The molecule has 0 unspecified atom stereocenters. The van der Waals surface area contributed by atoms with E-state index in [9.17, 15) is 26.4 Å². The monoisotopic (exact) mass is 321 g/mol. The average Bonchev–Trinajstić information content (AvgIpc) is 2.17. The number of hydrogen-bond donors (Lipinski definition) is 1. The van der Waals surface area contributed by atoms with Gasteiger partial charge in [0.15, 0.2) is 0 Å². The molecular weight excluding hydrogens is 318 g/mol. The lowest BCUT2D eigenvalue weighted by molar-refractivity contribution is -0.167. The quantitative estimate of drug-likeness (QED) is 0.852. The van der Waals surface area contributed by atoms with E-state index >= 15 is 0 Å². The van der Waals surface area contributed by atoms with E-state index < -0.39 is 21.1 Å². The maximum absolute atomic E-state index is 12.0. The molecule has 0 aliphatic heterocycles. The number of hydrogen-bond acceptors (Lipinski definition) is 3. The molecule has 1 amide bonds. The highest BCUT2D eigenvalue weighted by atomic mass is 35.7. The number of nitrogens with one attached hydrogen (secondary N) is 1. The largest absolute Gasteiger partial charge is 0.471 e. The van der Waals surface area contributed by atoms with Crippen LogP contribution in [0.1, 0.15) is 0 Å². The highest BCUT2D eigenvalue weighted by Gasteiger charge is 2.39. The van der Waals surface area contributed by atoms with E-state index in [4.69, 9.17) is 22.3 Å². The zero-order valence-electron chi connectivity index (χ0n) is 8.25. The Labute approximate surface area is 109 Å². The van der Waals surface area contributed by atoms with Crippen LogP contribution in [0.25, 0.3) is 0 Å². The second kappa shape index (κ2) is 4.94. The molecule has 0 heterocycles. The SMILES string of the molecule is O=C(Nc1ccc(S(=O)(=O)Cl)cc1Cl)C(F)(F)F. The molecule has 0 aromatic heterocycles. The Morgan fingerprint density at radius 3 is 2.22 bits per heavy atom. The van der Waals surface area contributed by atoms with Crippen LogP contribution >= 0.6 is 22.3 Å². The Balaban J connectivity index is 3.05. The summed E-state index contributed by atoms with van der Waals surface area (Å²) in [5, 5.41) is 1.11. The number of anilines is 1. The molecule has 18 heavy (non-hydrogen) atoms. The molecule has 1 N–H and O–H groups in total. The van der Waals surface area contributed by atoms with Gasteiger partial charge >= 0.3 is 12.1 Å². The third kappa shape index (κ3) is 3.76. The lowest BCUT2D eigenvalue weighted by Crippen LogP contribution is -2.30. The molecule has 0 aliphatic carbocycles. The van der Waals surface area contributed by atoms with Gasteiger partial charge in [0.05, 0.1) is 15.6 Å². The second-order valence-corrected chi connectivity index (χ2v) is 6.00. The normalized spacial score (nSPS) is 12.3. The number of halogens is 5. The van der Waals surface area contributed by atoms with Gasteiger partial charge in [0.2, 0.25) is 0 Å². The molecule has 0 radical (unpaired) electrons. The van der Waals surface area contributed by atoms with Crippen molar-refractivity contribution in [2.75, 3.05) is 5.32 Å². The van der Waals surface area contributed by atoms with Crippen LogP contribution in [-0.2, 0) is 13.8 Å². The summed E-state index contributed by atoms with van der Waals surface area (Å²) in [4.78, 5) is 10.2. The van der Waals surface area contributed by atoms with Gasteiger partial charge in [0.25, 0.3) is 9.05 Å². The molecular formula is C8H4Cl2F3NO3S. The first-order valence-electron chi connectivity index (χ1n) is 4.14. The van der Waals surface area contributed by atoms with Crippen molar-refractivity contribution in [1.29, 1.82) is 0 Å². The van der Waals surface area contributed by atoms with Crippen molar-refractivity contribution in [1.82, 2.24) is 0 Å². The summed E-state index contributed by atoms with van der Waals surface area (Å²) in [6, 6.07) is 2.65. The summed E-state index contributed by atoms with van der Waals surface area (Å²) < 4.78 is 57.7. The first kappa shape index (κ1) is 15.1. The van der Waals surface area contributed by atoms with Crippen molar-refractivity contribution in [2.45, 2.75) is 11.1 Å². The molecule has 0 saturated heterocycles. The molecule has 4 nitrogen and oxygen atoms in total. The van der Waals surface area contributed by atoms with E-state index in [1.165, 1.54) is 5.32 Å². The zero-order chi connectivity index (χ0) is 14.1. The van der Waals surface area contributed by atoms with Crippen molar-refractivity contribution in [3.8, 4) is 0 Å². The number of amides is 1. The van der Waals surface area contributed by atoms with E-state index in [2.05, 4.69) is 0 Å². The third-order valence-electron chi connectivity index (χ3n) is 1.73. The predicted octanol–water partition coefficient (Wildman–Crippen LogP) is 2.77. The van der Waals surface area contributed by atoms with E-state index in [1.54, 1.807) is 0 Å². The van der Waals surface area contributed by atoms with Crippen molar-refractivity contribution in [2.24, 2.45) is 0 Å². The number of carbonyl (C=O) groups is 1. The van der Waals surface area contributed by atoms with Gasteiger partial charge in [-0.25, -0.2) is 8.42 Å². The van der Waals surface area contributed by atoms with E-state index in [0.29, 0.717) is 0 Å². The smallest absolute Gasteiger partial charge is 0.317 e. The first-order valence-corrected chi connectivity index (χ1v) is 6.83. The third-order valence-corrected chi connectivity index (χ3v) is 3.39. The van der Waals surface area contributed by atoms with Crippen LogP contribution in [0, 0.1) is 0 Å². The molecule has 1 aromatic rings. The van der Waals surface area contributed by atoms with Crippen LogP contribution in [0.5, 0.6) is 0 Å². The fraction of sp³-hybridized carbons (Fsp3) is 0.125. The zero-order valence-corrected chi connectivity index (χ0v) is 10.6. The van der Waals surface area contributed by atoms with Crippen molar-refractivity contribution >= 4 is 42.9 Å². The summed E-state index contributed by atoms with van der Waals surface area (Å²) in [5.74, 6) is -2.22. The van der Waals surface area contributed by atoms with Gasteiger partial charge in [-0.2, -0.15) is 13.2 Å². The van der Waals surface area contributed by atoms with Crippen LogP contribution < -0.4 is 5.32 Å². The molecule has 0 atom stereocenters. The summed E-state index contributed by atoms with van der Waals surface area (Å²) in [6.07, 6.45) is -5.07. The number of carbonyl (C=O) groups excluding carboxylic acids is 1. The molecule has 0 saturated carbocycles. The molecule has 0 spiro atoms. The molecule has 1 rings (SSSR count). The molecule has 100 valence electrons. The van der Waals surface area contributed by atoms with E-state index in [1.807, 2.05) is 0 Å². The number of rotatable bonds is 2. The van der Waals surface area contributed by atoms with Crippen molar-refractivity contribution < 1.29 is 26.4 Å². The lowest BCUT2D eigenvalue weighted by Gasteiger charge is -2.09. The minimum atomic E-state index is -5.07. The van der Waals surface area contributed by atoms with E-state index in [-0.39, 0.29) is 15.6 Å². The highest BCUT2D eigenvalue weighted by Crippen LogP contribution is 2.28. The maximum atomic E-state index is 12.0. The van der Waals surface area contributed by atoms with Gasteiger partial charge in [-0.05, 0) is 18.2 Å². The van der Waals surface area contributed by atoms with Gasteiger partial charge in [0.1, 0.15) is 0 Å². The number of benzene rings is 1. The minimum absolute atomic E-state index is 0.372. The van der Waals surface area contributed by atoms with Crippen molar-refractivity contribution in [3.63, 3.8) is 0 Å². The van der Waals surface area contributed by atoms with Gasteiger partial charge in [-0.1, -0.05) is 11.6 Å². The van der Waals surface area contributed by atoms with Crippen LogP contribution in [-0.4, -0.2) is 20.5 Å². The number of alkyl halides is 3. The predicted molar refractivity (Wildman–Crippen MR) is 59.2 cm³/mol. The topological polar surface area (TPSA) is 63.2 Å². The molecule has 0 bridgehead atoms. The lowest BCUT2D eigenvalue weighted by atomic mass is 10.3. The molecule has 10 heteroatoms. The summed E-state index contributed by atoms with van der Waals surface area (Å²) in [6.45, 7) is 0. The summed E-state index contributed by atoms with van der Waals surface area (Å²) in [7, 11) is 0.961. The van der Waals surface area contributed by atoms with Gasteiger partial charge < -0.3 is 5.32 Å². The Hall–Kier alpha value is -0.990. The summed E-state index contributed by atoms with van der Waals surface area (Å²) >= 11 is 5.52. The van der Waals surface area contributed by atoms with Crippen molar-refractivity contribution in [3.05, 3.63) is 23.2 Å². The standard InChI is InChI=1S/C8H4Cl2F3NO3S/c9-5-3-4(18(10,16)17)1-2-6(5)14-7(15)8(11,12)13/h1-3H,(H,14,15). The minimum Gasteiger partial charge on any atom is -0.317 e. The van der Waals surface area contributed by atoms with E-state index in [0.717, 1.165) is 18.2 Å². The van der Waals surface area contributed by atoms with Crippen LogP contribution in [0.4, 0.5) is 18.9 Å². The van der Waals surface area contributed by atoms with Gasteiger partial charge in [-0.15, -0.1) is 0 Å². The average molecular weight is 322 g/mol. The molecule has 1 aromatic carbocycles.